The van der Waals surface area contributed by atoms with Gasteiger partial charge in [-0.3, -0.25) is 4.79 Å². The molecule has 1 aliphatic heterocycles. The topological polar surface area (TPSA) is 79.8 Å². The minimum Gasteiger partial charge on any atom is -0.462 e. The van der Waals surface area contributed by atoms with Crippen molar-refractivity contribution in [2.24, 2.45) is 4.99 Å². The number of allylic oxidation sites excluding steroid dienone is 1. The number of esters is 1. The molecule has 7 heteroatoms. The number of hydrogen-bond donors (Lipinski definition) is 2. The van der Waals surface area contributed by atoms with E-state index in [-0.39, 0.29) is 23.9 Å². The molecule has 0 atom stereocenters. The first-order chi connectivity index (χ1) is 13.5. The number of rotatable bonds is 4. The number of fused-ring (bicyclic) bond motifs is 1. The maximum atomic E-state index is 12.8. The van der Waals surface area contributed by atoms with Crippen LogP contribution in [0.3, 0.4) is 0 Å². The second kappa shape index (κ2) is 8.84. The summed E-state index contributed by atoms with van der Waals surface area (Å²) >= 11 is 3.36. The predicted octanol–water partition coefficient (Wildman–Crippen LogP) is 4.56. The highest BCUT2D eigenvalue weighted by Gasteiger charge is 2.27. The summed E-state index contributed by atoms with van der Waals surface area (Å²) in [6.45, 7) is 3.88. The molecule has 0 aromatic heterocycles. The smallest absolute Gasteiger partial charge is 0.343 e. The molecule has 144 valence electrons. The molecule has 3 rings (SSSR count). The van der Waals surface area contributed by atoms with Crippen molar-refractivity contribution in [1.82, 2.24) is 5.32 Å². The molecule has 28 heavy (non-hydrogen) atoms. The van der Waals surface area contributed by atoms with Gasteiger partial charge in [-0.2, -0.15) is 0 Å². The summed E-state index contributed by atoms with van der Waals surface area (Å²) in [5.74, 6) is -0.734. The molecule has 0 saturated carbocycles. The van der Waals surface area contributed by atoms with Gasteiger partial charge in [0.1, 0.15) is 11.4 Å². The molecule has 0 spiro atoms. The van der Waals surface area contributed by atoms with Crippen LogP contribution in [0.5, 0.6) is 0 Å². The van der Waals surface area contributed by atoms with Gasteiger partial charge in [-0.15, -0.1) is 0 Å². The molecular weight excluding hydrogens is 422 g/mol. The molecule has 1 amide bonds. The molecule has 2 aromatic carbocycles. The monoisotopic (exact) mass is 441 g/mol. The lowest BCUT2D eigenvalue weighted by Crippen LogP contribution is -2.35. The van der Waals surface area contributed by atoms with Crippen molar-refractivity contribution >= 4 is 45.0 Å². The Morgan fingerprint density at radius 2 is 1.93 bits per heavy atom. The summed E-state index contributed by atoms with van der Waals surface area (Å²) in [5, 5.41) is 6.04. The van der Waals surface area contributed by atoms with Crippen molar-refractivity contribution in [1.29, 1.82) is 0 Å². The first-order valence-electron chi connectivity index (χ1n) is 8.95. The first-order valence-corrected chi connectivity index (χ1v) is 9.75. The summed E-state index contributed by atoms with van der Waals surface area (Å²) in [4.78, 5) is 30.1. The Morgan fingerprint density at radius 1 is 1.14 bits per heavy atom. The largest absolute Gasteiger partial charge is 0.462 e. The second-order valence-electron chi connectivity index (χ2n) is 5.99. The normalized spacial score (nSPS) is 13.0. The molecular formula is C21H20BrN3O3. The quantitative estimate of drug-likeness (QED) is 0.681. The van der Waals surface area contributed by atoms with E-state index in [1.165, 1.54) is 0 Å². The van der Waals surface area contributed by atoms with Gasteiger partial charge in [0.2, 0.25) is 0 Å². The highest BCUT2D eigenvalue weighted by atomic mass is 79.9. The zero-order valence-electron chi connectivity index (χ0n) is 15.6. The van der Waals surface area contributed by atoms with Gasteiger partial charge < -0.3 is 15.4 Å². The number of amides is 1. The van der Waals surface area contributed by atoms with Gasteiger partial charge >= 0.3 is 5.97 Å². The Labute approximate surface area is 171 Å². The lowest BCUT2D eigenvalue weighted by atomic mass is 10.1. The van der Waals surface area contributed by atoms with Crippen LogP contribution in [0, 0.1) is 0 Å². The molecule has 2 N–H and O–H groups in total. The Kier molecular flexibility index (Phi) is 6.26. The van der Waals surface area contributed by atoms with E-state index in [9.17, 15) is 9.59 Å². The van der Waals surface area contributed by atoms with Gasteiger partial charge in [0.15, 0.2) is 0 Å². The average Bonchev–Trinajstić information content (AvgIpc) is 2.84. The van der Waals surface area contributed by atoms with E-state index in [0.717, 1.165) is 10.2 Å². The Morgan fingerprint density at radius 3 is 2.64 bits per heavy atom. The Bertz CT molecular complexity index is 982. The van der Waals surface area contributed by atoms with Crippen molar-refractivity contribution in [3.8, 4) is 0 Å². The van der Waals surface area contributed by atoms with Gasteiger partial charge in [-0.1, -0.05) is 41.1 Å². The average molecular weight is 442 g/mol. The van der Waals surface area contributed by atoms with Crippen molar-refractivity contribution in [3.05, 3.63) is 69.8 Å². The van der Waals surface area contributed by atoms with Crippen molar-refractivity contribution in [2.75, 3.05) is 11.9 Å². The molecule has 0 fully saturated rings. The van der Waals surface area contributed by atoms with Crippen LogP contribution in [0.4, 0.5) is 11.4 Å². The predicted molar refractivity (Wildman–Crippen MR) is 113 cm³/mol. The van der Waals surface area contributed by atoms with Crippen LogP contribution < -0.4 is 10.6 Å². The van der Waals surface area contributed by atoms with Crippen molar-refractivity contribution in [3.63, 3.8) is 0 Å². The summed E-state index contributed by atoms with van der Waals surface area (Å²) in [5.41, 5.74) is 2.69. The summed E-state index contributed by atoms with van der Waals surface area (Å²) in [6.07, 6.45) is 0.536. The number of benzene rings is 2. The van der Waals surface area contributed by atoms with Gasteiger partial charge in [0.05, 0.1) is 18.0 Å². The number of para-hydroxylation sites is 2. The van der Waals surface area contributed by atoms with Gasteiger partial charge in [-0.05, 0) is 43.7 Å². The van der Waals surface area contributed by atoms with Crippen LogP contribution >= 0.6 is 15.9 Å². The molecule has 1 aliphatic rings. The van der Waals surface area contributed by atoms with E-state index in [1.54, 1.807) is 25.1 Å². The second-order valence-corrected chi connectivity index (χ2v) is 6.91. The standard InChI is InChI=1S/C21H20BrN3O3/c1-3-15-18(21(27)28-4-2)19(24-17-11-6-5-10-16(17)23-15)25-20(26)13-8-7-9-14(22)12-13/h5-12,23H,3-4H2,1-2H3,(H,24,25,26). The van der Waals surface area contributed by atoms with Crippen LogP contribution in [0.25, 0.3) is 0 Å². The molecule has 0 radical (unpaired) electrons. The SMILES string of the molecule is CCOC(=O)C1=C(CC)Nc2ccccc2N=C1NC(=O)c1cccc(Br)c1. The Hall–Kier alpha value is -2.93. The zero-order valence-corrected chi connectivity index (χ0v) is 17.2. The van der Waals surface area contributed by atoms with E-state index in [2.05, 4.69) is 31.6 Å². The lowest BCUT2D eigenvalue weighted by molar-refractivity contribution is -0.137. The summed E-state index contributed by atoms with van der Waals surface area (Å²) < 4.78 is 6.01. The zero-order chi connectivity index (χ0) is 20.1. The minimum atomic E-state index is -0.534. The highest BCUT2D eigenvalue weighted by molar-refractivity contribution is 9.10. The number of aliphatic imine (C=N–C) groups is 1. The third kappa shape index (κ3) is 4.31. The van der Waals surface area contributed by atoms with E-state index < -0.39 is 5.97 Å². The number of halogens is 1. The number of nitrogens with one attached hydrogen (secondary N) is 2. The van der Waals surface area contributed by atoms with Gasteiger partial charge in [0, 0.05) is 15.7 Å². The van der Waals surface area contributed by atoms with Crippen LogP contribution in [0.2, 0.25) is 0 Å². The van der Waals surface area contributed by atoms with E-state index in [0.29, 0.717) is 23.4 Å². The fourth-order valence-corrected chi connectivity index (χ4v) is 3.21. The van der Waals surface area contributed by atoms with Gasteiger partial charge in [-0.25, -0.2) is 9.79 Å². The molecule has 1 heterocycles. The first kappa shape index (κ1) is 19.8. The molecule has 0 unspecified atom stereocenters. The number of anilines is 1. The fourth-order valence-electron chi connectivity index (χ4n) is 2.81. The van der Waals surface area contributed by atoms with Crippen molar-refractivity contribution in [2.45, 2.75) is 20.3 Å². The van der Waals surface area contributed by atoms with Crippen LogP contribution in [-0.2, 0) is 9.53 Å². The van der Waals surface area contributed by atoms with E-state index >= 15 is 0 Å². The minimum absolute atomic E-state index is 0.165. The number of nitrogens with zero attached hydrogens (tertiary/aromatic N) is 1. The van der Waals surface area contributed by atoms with Crippen LogP contribution in [-0.4, -0.2) is 24.3 Å². The number of ether oxygens (including phenoxy) is 1. The number of carbonyl (C=O) groups excluding carboxylic acids is 2. The van der Waals surface area contributed by atoms with Crippen LogP contribution in [0.1, 0.15) is 30.6 Å². The summed E-state index contributed by atoms with van der Waals surface area (Å²) in [7, 11) is 0. The van der Waals surface area contributed by atoms with Gasteiger partial charge in [0.25, 0.3) is 5.91 Å². The third-order valence-electron chi connectivity index (χ3n) is 4.11. The fraction of sp³-hybridized carbons (Fsp3) is 0.190. The maximum Gasteiger partial charge on any atom is 0.343 e. The Balaban J connectivity index is 2.07. The molecule has 0 saturated heterocycles. The maximum absolute atomic E-state index is 12.8. The van der Waals surface area contributed by atoms with E-state index in [4.69, 9.17) is 4.74 Å². The lowest BCUT2D eigenvalue weighted by Gasteiger charge is -2.15. The molecule has 0 bridgehead atoms. The van der Waals surface area contributed by atoms with E-state index in [1.807, 2.05) is 37.3 Å². The van der Waals surface area contributed by atoms with Crippen LogP contribution in [0.15, 0.2) is 69.3 Å². The number of amidine groups is 1. The van der Waals surface area contributed by atoms with Crippen molar-refractivity contribution < 1.29 is 14.3 Å². The number of hydrogen-bond acceptors (Lipinski definition) is 5. The molecule has 2 aromatic rings. The molecule has 0 aliphatic carbocycles. The number of carbonyl (C=O) groups is 2. The summed E-state index contributed by atoms with van der Waals surface area (Å²) in [6, 6.07) is 14.4. The highest BCUT2D eigenvalue weighted by Crippen LogP contribution is 2.31. The molecule has 6 nitrogen and oxygen atoms in total. The third-order valence-corrected chi connectivity index (χ3v) is 4.61.